The van der Waals surface area contributed by atoms with Gasteiger partial charge in [-0.3, -0.25) is 9.79 Å². The van der Waals surface area contributed by atoms with Crippen molar-refractivity contribution >= 4 is 11.9 Å². The summed E-state index contributed by atoms with van der Waals surface area (Å²) in [7, 11) is 1.71. The number of benzene rings is 1. The molecule has 1 saturated heterocycles. The highest BCUT2D eigenvalue weighted by molar-refractivity contribution is 5.80. The largest absolute Gasteiger partial charge is 0.359 e. The molecule has 0 radical (unpaired) electrons. The van der Waals surface area contributed by atoms with Gasteiger partial charge in [-0.25, -0.2) is 0 Å². The van der Waals surface area contributed by atoms with Gasteiger partial charge in [0.15, 0.2) is 5.96 Å². The first-order valence-electron chi connectivity index (χ1n) is 10.2. The monoisotopic (exact) mass is 372 g/mol. The Balaban J connectivity index is 2.01. The van der Waals surface area contributed by atoms with Crippen molar-refractivity contribution in [3.8, 4) is 0 Å². The normalized spacial score (nSPS) is 16.3. The molecule has 1 aromatic carbocycles. The summed E-state index contributed by atoms with van der Waals surface area (Å²) in [6.45, 7) is 12.3. The fourth-order valence-corrected chi connectivity index (χ4v) is 3.57. The van der Waals surface area contributed by atoms with E-state index in [4.69, 9.17) is 4.99 Å². The van der Waals surface area contributed by atoms with Crippen LogP contribution >= 0.6 is 0 Å². The van der Waals surface area contributed by atoms with Crippen molar-refractivity contribution in [2.75, 3.05) is 33.2 Å². The van der Waals surface area contributed by atoms with Gasteiger partial charge in [0.25, 0.3) is 0 Å². The van der Waals surface area contributed by atoms with E-state index in [0.717, 1.165) is 45.0 Å². The van der Waals surface area contributed by atoms with Gasteiger partial charge in [-0.05, 0) is 38.2 Å². The summed E-state index contributed by atoms with van der Waals surface area (Å²) in [5, 5.41) is 6.19. The predicted molar refractivity (Wildman–Crippen MR) is 113 cm³/mol. The molecule has 5 heteroatoms. The van der Waals surface area contributed by atoms with Crippen molar-refractivity contribution in [1.82, 2.24) is 15.5 Å². The van der Waals surface area contributed by atoms with Gasteiger partial charge in [0.2, 0.25) is 5.91 Å². The van der Waals surface area contributed by atoms with Crippen LogP contribution in [-0.4, -0.2) is 50.0 Å². The van der Waals surface area contributed by atoms with E-state index in [0.29, 0.717) is 12.3 Å². The highest BCUT2D eigenvalue weighted by Crippen LogP contribution is 2.25. The number of nitrogens with one attached hydrogen (secondary N) is 2. The summed E-state index contributed by atoms with van der Waals surface area (Å²) >= 11 is 0. The molecule has 1 amide bonds. The van der Waals surface area contributed by atoms with E-state index in [1.807, 2.05) is 0 Å². The molecule has 0 spiro atoms. The lowest BCUT2D eigenvalue weighted by atomic mass is 9.84. The first kappa shape index (κ1) is 21.3. The predicted octanol–water partition coefficient (Wildman–Crippen LogP) is 3.09. The third-order valence-corrected chi connectivity index (χ3v) is 5.43. The van der Waals surface area contributed by atoms with Crippen molar-refractivity contribution in [3.05, 3.63) is 35.4 Å². The zero-order valence-corrected chi connectivity index (χ0v) is 17.6. The van der Waals surface area contributed by atoms with Crippen molar-refractivity contribution in [2.24, 2.45) is 10.9 Å². The Morgan fingerprint density at radius 1 is 1.30 bits per heavy atom. The van der Waals surface area contributed by atoms with Gasteiger partial charge < -0.3 is 15.5 Å². The first-order valence-corrected chi connectivity index (χ1v) is 10.2. The van der Waals surface area contributed by atoms with Crippen LogP contribution in [0.25, 0.3) is 0 Å². The Morgan fingerprint density at radius 2 is 2.00 bits per heavy atom. The topological polar surface area (TPSA) is 56.7 Å². The number of aliphatic imine (C=N–C) groups is 1. The highest BCUT2D eigenvalue weighted by Gasteiger charge is 2.25. The number of carbonyl (C=O) groups excluding carboxylic acids is 1. The first-order chi connectivity index (χ1) is 12.9. The maximum absolute atomic E-state index is 11.6. The molecule has 2 rings (SSSR count). The third kappa shape index (κ3) is 6.26. The molecule has 0 aliphatic carbocycles. The molecular weight excluding hydrogens is 336 g/mol. The zero-order valence-electron chi connectivity index (χ0n) is 17.6. The van der Waals surface area contributed by atoms with Crippen LogP contribution in [0.3, 0.4) is 0 Å². The Bertz CT molecular complexity index is 645. The van der Waals surface area contributed by atoms with Crippen molar-refractivity contribution in [1.29, 1.82) is 0 Å². The number of guanidine groups is 1. The molecule has 1 aromatic rings. The second kappa shape index (κ2) is 9.77. The smallest absolute Gasteiger partial charge is 0.220 e. The second-order valence-electron chi connectivity index (χ2n) is 8.23. The van der Waals surface area contributed by atoms with Gasteiger partial charge >= 0.3 is 0 Å². The van der Waals surface area contributed by atoms with E-state index < -0.39 is 0 Å². The molecule has 0 saturated carbocycles. The van der Waals surface area contributed by atoms with Crippen molar-refractivity contribution in [3.63, 3.8) is 0 Å². The number of amides is 1. The minimum atomic E-state index is -0.00969. The standard InChI is InChI=1S/C22H36N4O/c1-6-24-21(26-12-10-18(11-13-26)15-20(27)23-5)25-16-22(3,4)19-9-7-8-17(2)14-19/h7-9,14,18H,6,10-13,15-16H2,1-5H3,(H,23,27)(H,24,25). The van der Waals surface area contributed by atoms with Crippen LogP contribution in [0, 0.1) is 12.8 Å². The van der Waals surface area contributed by atoms with Gasteiger partial charge in [-0.15, -0.1) is 0 Å². The van der Waals surface area contributed by atoms with Crippen LogP contribution in [0.15, 0.2) is 29.3 Å². The quantitative estimate of drug-likeness (QED) is 0.596. The lowest BCUT2D eigenvalue weighted by Gasteiger charge is -2.34. The van der Waals surface area contributed by atoms with Gasteiger partial charge in [-0.1, -0.05) is 43.7 Å². The molecule has 0 aromatic heterocycles. The molecule has 5 nitrogen and oxygen atoms in total. The molecule has 0 bridgehead atoms. The SMILES string of the molecule is CCNC(=NCC(C)(C)c1cccc(C)c1)N1CCC(CC(=O)NC)CC1. The number of aryl methyl sites for hydroxylation is 1. The molecule has 27 heavy (non-hydrogen) atoms. The van der Waals surface area contributed by atoms with Crippen LogP contribution in [-0.2, 0) is 10.2 Å². The fraction of sp³-hybridized carbons (Fsp3) is 0.636. The van der Waals surface area contributed by atoms with Crippen LogP contribution < -0.4 is 10.6 Å². The number of hydrogen-bond donors (Lipinski definition) is 2. The number of hydrogen-bond acceptors (Lipinski definition) is 2. The van der Waals surface area contributed by atoms with E-state index >= 15 is 0 Å². The van der Waals surface area contributed by atoms with E-state index in [1.165, 1.54) is 11.1 Å². The number of piperidine rings is 1. The van der Waals surface area contributed by atoms with E-state index in [2.05, 4.69) is 67.5 Å². The molecular formula is C22H36N4O. The average molecular weight is 373 g/mol. The number of rotatable bonds is 6. The summed E-state index contributed by atoms with van der Waals surface area (Å²) in [4.78, 5) is 18.9. The van der Waals surface area contributed by atoms with Crippen molar-refractivity contribution in [2.45, 2.75) is 52.4 Å². The Morgan fingerprint density at radius 3 is 2.59 bits per heavy atom. The zero-order chi connectivity index (χ0) is 19.9. The van der Waals surface area contributed by atoms with Crippen LogP contribution in [0.5, 0.6) is 0 Å². The van der Waals surface area contributed by atoms with Crippen molar-refractivity contribution < 1.29 is 4.79 Å². The maximum Gasteiger partial charge on any atom is 0.220 e. The lowest BCUT2D eigenvalue weighted by molar-refractivity contribution is -0.121. The minimum absolute atomic E-state index is 0.00969. The summed E-state index contributed by atoms with van der Waals surface area (Å²) in [5.41, 5.74) is 2.60. The summed E-state index contributed by atoms with van der Waals surface area (Å²) in [6, 6.07) is 8.71. The molecule has 1 aliphatic rings. The minimum Gasteiger partial charge on any atom is -0.359 e. The molecule has 0 atom stereocenters. The summed E-state index contributed by atoms with van der Waals surface area (Å²) in [6.07, 6.45) is 2.72. The highest BCUT2D eigenvalue weighted by atomic mass is 16.1. The van der Waals surface area contributed by atoms with Crippen LogP contribution in [0.1, 0.15) is 51.2 Å². The van der Waals surface area contributed by atoms with E-state index in [1.54, 1.807) is 7.05 Å². The summed E-state index contributed by atoms with van der Waals surface area (Å²) in [5.74, 6) is 1.62. The van der Waals surface area contributed by atoms with E-state index in [9.17, 15) is 4.79 Å². The second-order valence-corrected chi connectivity index (χ2v) is 8.23. The molecule has 0 unspecified atom stereocenters. The average Bonchev–Trinajstić information content (AvgIpc) is 2.66. The van der Waals surface area contributed by atoms with Gasteiger partial charge in [-0.2, -0.15) is 0 Å². The molecule has 1 fully saturated rings. The third-order valence-electron chi connectivity index (χ3n) is 5.43. The number of carbonyl (C=O) groups is 1. The number of likely N-dealkylation sites (tertiary alicyclic amines) is 1. The lowest BCUT2D eigenvalue weighted by Crippen LogP contribution is -2.46. The Labute approximate surface area is 164 Å². The molecule has 2 N–H and O–H groups in total. The van der Waals surface area contributed by atoms with Crippen LogP contribution in [0.2, 0.25) is 0 Å². The maximum atomic E-state index is 11.6. The molecule has 1 aliphatic heterocycles. The Hall–Kier alpha value is -2.04. The van der Waals surface area contributed by atoms with Gasteiger partial charge in [0, 0.05) is 38.5 Å². The molecule has 1 heterocycles. The van der Waals surface area contributed by atoms with Gasteiger partial charge in [0.1, 0.15) is 0 Å². The van der Waals surface area contributed by atoms with Crippen LogP contribution in [0.4, 0.5) is 0 Å². The fourth-order valence-electron chi connectivity index (χ4n) is 3.57. The number of nitrogens with zero attached hydrogens (tertiary/aromatic N) is 2. The summed E-state index contributed by atoms with van der Waals surface area (Å²) < 4.78 is 0. The van der Waals surface area contributed by atoms with Gasteiger partial charge in [0.05, 0.1) is 6.54 Å². The van der Waals surface area contributed by atoms with E-state index in [-0.39, 0.29) is 11.3 Å². The Kier molecular flexibility index (Phi) is 7.69. The molecule has 150 valence electrons.